The molecule has 7 heteroatoms. The highest BCUT2D eigenvalue weighted by molar-refractivity contribution is 6.10. The van der Waals surface area contributed by atoms with Crippen LogP contribution < -0.4 is 25.8 Å². The first kappa shape index (κ1) is 19.8. The molecule has 0 radical (unpaired) electrons. The molecular weight excluding hydrogens is 370 g/mol. The number of benzene rings is 3. The molecule has 0 bridgehead atoms. The SMILES string of the molecule is COc1ccccc1NC(=O)c1cc(N)cc(C(=O)Nc2ccccc2OC)c1. The maximum absolute atomic E-state index is 12.7. The summed E-state index contributed by atoms with van der Waals surface area (Å²) in [6.07, 6.45) is 0. The number of nitrogens with one attached hydrogen (secondary N) is 2. The van der Waals surface area contributed by atoms with Crippen molar-refractivity contribution < 1.29 is 19.1 Å². The van der Waals surface area contributed by atoms with Crippen molar-refractivity contribution in [3.05, 3.63) is 77.9 Å². The van der Waals surface area contributed by atoms with Crippen LogP contribution in [0.1, 0.15) is 20.7 Å². The summed E-state index contributed by atoms with van der Waals surface area (Å²) in [4.78, 5) is 25.4. The molecule has 29 heavy (non-hydrogen) atoms. The van der Waals surface area contributed by atoms with Gasteiger partial charge in [0, 0.05) is 16.8 Å². The first-order chi connectivity index (χ1) is 14.0. The Morgan fingerprint density at radius 3 is 1.55 bits per heavy atom. The maximum atomic E-state index is 12.7. The minimum Gasteiger partial charge on any atom is -0.495 e. The van der Waals surface area contributed by atoms with Crippen LogP contribution in [-0.2, 0) is 0 Å². The molecule has 0 saturated heterocycles. The van der Waals surface area contributed by atoms with Crippen molar-refractivity contribution in [1.29, 1.82) is 0 Å². The molecule has 0 fully saturated rings. The zero-order chi connectivity index (χ0) is 20.8. The van der Waals surface area contributed by atoms with Crippen LogP contribution >= 0.6 is 0 Å². The summed E-state index contributed by atoms with van der Waals surface area (Å²) < 4.78 is 10.5. The minimum atomic E-state index is -0.409. The molecule has 3 rings (SSSR count). The smallest absolute Gasteiger partial charge is 0.255 e. The van der Waals surface area contributed by atoms with Crippen molar-refractivity contribution in [3.8, 4) is 11.5 Å². The molecule has 0 heterocycles. The first-order valence-corrected chi connectivity index (χ1v) is 8.81. The van der Waals surface area contributed by atoms with Gasteiger partial charge in [0.25, 0.3) is 11.8 Å². The molecule has 0 saturated carbocycles. The fourth-order valence-electron chi connectivity index (χ4n) is 2.80. The Labute approximate surface area is 168 Å². The van der Waals surface area contributed by atoms with Crippen LogP contribution in [0.4, 0.5) is 17.1 Å². The average molecular weight is 391 g/mol. The van der Waals surface area contributed by atoms with Crippen LogP contribution in [0.3, 0.4) is 0 Å². The molecule has 0 aliphatic heterocycles. The van der Waals surface area contributed by atoms with Crippen molar-refractivity contribution in [1.82, 2.24) is 0 Å². The van der Waals surface area contributed by atoms with Gasteiger partial charge in [-0.1, -0.05) is 24.3 Å². The van der Waals surface area contributed by atoms with E-state index in [-0.39, 0.29) is 11.1 Å². The van der Waals surface area contributed by atoms with Crippen molar-refractivity contribution >= 4 is 28.9 Å². The number of para-hydroxylation sites is 4. The second-order valence-corrected chi connectivity index (χ2v) is 6.15. The molecule has 7 nitrogen and oxygen atoms in total. The second-order valence-electron chi connectivity index (χ2n) is 6.15. The predicted octanol–water partition coefficient (Wildman–Crippen LogP) is 3.79. The molecule has 3 aromatic rings. The van der Waals surface area contributed by atoms with Gasteiger partial charge in [-0.15, -0.1) is 0 Å². The van der Waals surface area contributed by atoms with Gasteiger partial charge in [0.1, 0.15) is 11.5 Å². The number of carbonyl (C=O) groups excluding carboxylic acids is 2. The van der Waals surface area contributed by atoms with Gasteiger partial charge in [-0.3, -0.25) is 9.59 Å². The third kappa shape index (κ3) is 4.65. The summed E-state index contributed by atoms with van der Waals surface area (Å²) in [5.74, 6) is 0.235. The summed E-state index contributed by atoms with van der Waals surface area (Å²) in [6.45, 7) is 0. The number of ether oxygens (including phenoxy) is 2. The maximum Gasteiger partial charge on any atom is 0.255 e. The largest absolute Gasteiger partial charge is 0.495 e. The summed E-state index contributed by atoms with van der Waals surface area (Å²) >= 11 is 0. The molecule has 148 valence electrons. The average Bonchev–Trinajstić information content (AvgIpc) is 2.74. The molecule has 0 aliphatic carbocycles. The van der Waals surface area contributed by atoms with E-state index in [1.807, 2.05) is 0 Å². The Hall–Kier alpha value is -4.00. The summed E-state index contributed by atoms with van der Waals surface area (Å²) in [5.41, 5.74) is 7.75. The highest BCUT2D eigenvalue weighted by Crippen LogP contribution is 2.26. The summed E-state index contributed by atoms with van der Waals surface area (Å²) in [6, 6.07) is 18.6. The highest BCUT2D eigenvalue weighted by Gasteiger charge is 2.15. The number of rotatable bonds is 6. The van der Waals surface area contributed by atoms with Crippen LogP contribution in [0.5, 0.6) is 11.5 Å². The first-order valence-electron chi connectivity index (χ1n) is 8.81. The monoisotopic (exact) mass is 391 g/mol. The van der Waals surface area contributed by atoms with Crippen molar-refractivity contribution in [2.45, 2.75) is 0 Å². The predicted molar refractivity (Wildman–Crippen MR) is 113 cm³/mol. The fourth-order valence-corrected chi connectivity index (χ4v) is 2.80. The van der Waals surface area contributed by atoms with Gasteiger partial charge in [0.2, 0.25) is 0 Å². The number of nitrogen functional groups attached to an aromatic ring is 1. The van der Waals surface area contributed by atoms with Crippen molar-refractivity contribution in [2.75, 3.05) is 30.6 Å². The van der Waals surface area contributed by atoms with Gasteiger partial charge < -0.3 is 25.8 Å². The van der Waals surface area contributed by atoms with Gasteiger partial charge in [-0.05, 0) is 42.5 Å². The highest BCUT2D eigenvalue weighted by atomic mass is 16.5. The van der Waals surface area contributed by atoms with E-state index in [1.165, 1.54) is 32.4 Å². The lowest BCUT2D eigenvalue weighted by Crippen LogP contribution is -2.17. The van der Waals surface area contributed by atoms with Crippen molar-refractivity contribution in [3.63, 3.8) is 0 Å². The van der Waals surface area contributed by atoms with E-state index < -0.39 is 11.8 Å². The summed E-state index contributed by atoms with van der Waals surface area (Å²) in [5, 5.41) is 5.54. The van der Waals surface area contributed by atoms with Gasteiger partial charge in [0.15, 0.2) is 0 Å². The Balaban J connectivity index is 1.84. The van der Waals surface area contributed by atoms with Crippen LogP contribution in [-0.4, -0.2) is 26.0 Å². The van der Waals surface area contributed by atoms with Crippen LogP contribution in [0.25, 0.3) is 0 Å². The Kier molecular flexibility index (Phi) is 5.99. The number of hydrogen-bond acceptors (Lipinski definition) is 5. The van der Waals surface area contributed by atoms with Gasteiger partial charge in [-0.2, -0.15) is 0 Å². The van der Waals surface area contributed by atoms with E-state index in [1.54, 1.807) is 48.5 Å². The fraction of sp³-hybridized carbons (Fsp3) is 0.0909. The second kappa shape index (κ2) is 8.79. The third-order valence-electron chi connectivity index (χ3n) is 4.19. The van der Waals surface area contributed by atoms with Crippen LogP contribution in [0.2, 0.25) is 0 Å². The van der Waals surface area contributed by atoms with E-state index in [2.05, 4.69) is 10.6 Å². The number of hydrogen-bond donors (Lipinski definition) is 3. The molecule has 0 unspecified atom stereocenters. The minimum absolute atomic E-state index is 0.251. The molecule has 0 aromatic heterocycles. The van der Waals surface area contributed by atoms with Gasteiger partial charge >= 0.3 is 0 Å². The molecule has 4 N–H and O–H groups in total. The molecule has 3 aromatic carbocycles. The third-order valence-corrected chi connectivity index (χ3v) is 4.19. The molecular formula is C22H21N3O4. The molecule has 0 atom stereocenters. The Morgan fingerprint density at radius 1 is 0.724 bits per heavy atom. The van der Waals surface area contributed by atoms with E-state index >= 15 is 0 Å². The van der Waals surface area contributed by atoms with Gasteiger partial charge in [0.05, 0.1) is 25.6 Å². The standard InChI is InChI=1S/C22H21N3O4/c1-28-19-9-5-3-7-17(19)24-21(26)14-11-15(13-16(23)12-14)22(27)25-18-8-4-6-10-20(18)29-2/h3-13H,23H2,1-2H3,(H,24,26)(H,25,27). The molecule has 2 amide bonds. The Bertz CT molecular complexity index is 970. The Morgan fingerprint density at radius 2 is 1.14 bits per heavy atom. The van der Waals surface area contributed by atoms with Crippen LogP contribution in [0.15, 0.2) is 66.7 Å². The quantitative estimate of drug-likeness (QED) is 0.555. The zero-order valence-electron chi connectivity index (χ0n) is 16.1. The number of amides is 2. The van der Waals surface area contributed by atoms with E-state index in [4.69, 9.17) is 15.2 Å². The summed E-state index contributed by atoms with van der Waals surface area (Å²) in [7, 11) is 3.04. The number of nitrogens with two attached hydrogens (primary N) is 1. The molecule has 0 spiro atoms. The van der Waals surface area contributed by atoms with E-state index in [0.29, 0.717) is 28.6 Å². The van der Waals surface area contributed by atoms with Crippen molar-refractivity contribution in [2.24, 2.45) is 0 Å². The lowest BCUT2D eigenvalue weighted by molar-refractivity contribution is 0.102. The number of methoxy groups -OCH3 is 2. The zero-order valence-corrected chi connectivity index (χ0v) is 16.1. The number of carbonyl (C=O) groups is 2. The van der Waals surface area contributed by atoms with E-state index in [0.717, 1.165) is 0 Å². The lowest BCUT2D eigenvalue weighted by Gasteiger charge is -2.12. The normalized spacial score (nSPS) is 10.1. The topological polar surface area (TPSA) is 103 Å². The van der Waals surface area contributed by atoms with Gasteiger partial charge in [-0.25, -0.2) is 0 Å². The molecule has 0 aliphatic rings. The van der Waals surface area contributed by atoms with Crippen LogP contribution in [0, 0.1) is 0 Å². The lowest BCUT2D eigenvalue weighted by atomic mass is 10.1. The van der Waals surface area contributed by atoms with E-state index in [9.17, 15) is 9.59 Å². The number of anilines is 3.